The van der Waals surface area contributed by atoms with Crippen LogP contribution in [0.5, 0.6) is 5.75 Å². The van der Waals surface area contributed by atoms with Crippen LogP contribution in [-0.4, -0.2) is 41.6 Å². The van der Waals surface area contributed by atoms with Crippen LogP contribution in [-0.2, 0) is 23.2 Å². The van der Waals surface area contributed by atoms with Crippen molar-refractivity contribution in [2.45, 2.75) is 50.5 Å². The molecule has 0 aromatic heterocycles. The number of benzene rings is 3. The topological polar surface area (TPSA) is 105 Å². The third-order valence-corrected chi connectivity index (χ3v) is 8.05. The SMILES string of the molecule is NC(=O)Oc1c(-c2ccccc2)ccc(CCCC(=O)Nc2ccc(CO)cc2)c1C12CCN(CC1)CC2. The van der Waals surface area contributed by atoms with Gasteiger partial charge in [0.25, 0.3) is 0 Å². The van der Waals surface area contributed by atoms with Crippen molar-refractivity contribution in [3.8, 4) is 16.9 Å². The number of aryl methyl sites for hydroxylation is 1. The molecular formula is C31H35N3O4. The van der Waals surface area contributed by atoms with E-state index in [0.29, 0.717) is 30.7 Å². The largest absolute Gasteiger partial charge is 0.410 e. The van der Waals surface area contributed by atoms with Crippen LogP contribution in [0.3, 0.4) is 0 Å². The van der Waals surface area contributed by atoms with Gasteiger partial charge in [-0.15, -0.1) is 0 Å². The average molecular weight is 514 g/mol. The zero-order valence-electron chi connectivity index (χ0n) is 21.6. The fourth-order valence-electron chi connectivity index (χ4n) is 6.02. The number of aliphatic hydroxyl groups excluding tert-OH is 1. The van der Waals surface area contributed by atoms with Crippen molar-refractivity contribution in [2.75, 3.05) is 25.0 Å². The molecule has 0 radical (unpaired) electrons. The van der Waals surface area contributed by atoms with Crippen molar-refractivity contribution in [2.24, 2.45) is 5.73 Å². The number of nitrogens with one attached hydrogen (secondary N) is 1. The minimum Gasteiger partial charge on any atom is -0.410 e. The van der Waals surface area contributed by atoms with E-state index in [-0.39, 0.29) is 17.9 Å². The lowest BCUT2D eigenvalue weighted by Gasteiger charge is -2.50. The van der Waals surface area contributed by atoms with E-state index in [2.05, 4.69) is 16.3 Å². The van der Waals surface area contributed by atoms with E-state index in [0.717, 1.165) is 66.7 Å². The first kappa shape index (κ1) is 25.9. The van der Waals surface area contributed by atoms with Crippen molar-refractivity contribution in [1.82, 2.24) is 4.90 Å². The van der Waals surface area contributed by atoms with Gasteiger partial charge in [0.1, 0.15) is 5.75 Å². The van der Waals surface area contributed by atoms with Crippen LogP contribution in [0.2, 0.25) is 0 Å². The van der Waals surface area contributed by atoms with E-state index in [1.807, 2.05) is 36.4 Å². The Morgan fingerprint density at radius 3 is 2.26 bits per heavy atom. The Kier molecular flexibility index (Phi) is 7.77. The van der Waals surface area contributed by atoms with Gasteiger partial charge in [-0.25, -0.2) is 4.79 Å². The van der Waals surface area contributed by atoms with Crippen molar-refractivity contribution < 1.29 is 19.4 Å². The fraction of sp³-hybridized carbons (Fsp3) is 0.355. The number of amides is 2. The monoisotopic (exact) mass is 513 g/mol. The highest BCUT2D eigenvalue weighted by Gasteiger charge is 2.44. The molecule has 3 heterocycles. The average Bonchev–Trinajstić information content (AvgIpc) is 2.94. The minimum atomic E-state index is -0.808. The Morgan fingerprint density at radius 2 is 1.63 bits per heavy atom. The lowest BCUT2D eigenvalue weighted by molar-refractivity contribution is -0.116. The maximum absolute atomic E-state index is 12.7. The van der Waals surface area contributed by atoms with E-state index < -0.39 is 6.09 Å². The normalized spacial score (nSPS) is 20.2. The molecule has 38 heavy (non-hydrogen) atoms. The van der Waals surface area contributed by atoms with Crippen molar-refractivity contribution >= 4 is 17.7 Å². The Labute approximate surface area is 223 Å². The highest BCUT2D eigenvalue weighted by atomic mass is 16.5. The summed E-state index contributed by atoms with van der Waals surface area (Å²) in [6.07, 6.45) is 3.96. The molecule has 3 aliphatic heterocycles. The standard InChI is InChI=1S/C31H35N3O4/c32-30(37)38-29-26(23-5-2-1-3-6-23)14-11-24(28(29)31-15-18-34(19-16-31)20-17-31)7-4-8-27(36)33-25-12-9-22(21-35)10-13-25/h1-3,5-6,9-14,35H,4,7-8,15-21H2,(H2,32,37)(H,33,36). The van der Waals surface area contributed by atoms with Crippen LogP contribution in [0.15, 0.2) is 66.7 Å². The summed E-state index contributed by atoms with van der Waals surface area (Å²) in [5.41, 5.74) is 11.1. The van der Waals surface area contributed by atoms with Crippen LogP contribution >= 0.6 is 0 Å². The molecule has 198 valence electrons. The summed E-state index contributed by atoms with van der Waals surface area (Å²) in [5, 5.41) is 12.2. The molecule has 3 aliphatic rings. The summed E-state index contributed by atoms with van der Waals surface area (Å²) >= 11 is 0. The van der Waals surface area contributed by atoms with Gasteiger partial charge in [-0.3, -0.25) is 4.79 Å². The fourth-order valence-corrected chi connectivity index (χ4v) is 6.02. The van der Waals surface area contributed by atoms with Crippen LogP contribution in [0.4, 0.5) is 10.5 Å². The summed E-state index contributed by atoms with van der Waals surface area (Å²) in [5.74, 6) is 0.520. The number of nitrogens with zero attached hydrogens (tertiary/aromatic N) is 1. The number of hydrogen-bond acceptors (Lipinski definition) is 5. The summed E-state index contributed by atoms with van der Waals surface area (Å²) in [6, 6.07) is 21.3. The molecule has 3 aromatic rings. The number of anilines is 1. The van der Waals surface area contributed by atoms with E-state index in [9.17, 15) is 14.7 Å². The summed E-state index contributed by atoms with van der Waals surface area (Å²) in [6.45, 7) is 3.06. The van der Waals surface area contributed by atoms with Crippen LogP contribution in [0.1, 0.15) is 48.8 Å². The second-order valence-electron chi connectivity index (χ2n) is 10.4. The number of hydrogen-bond donors (Lipinski definition) is 3. The zero-order chi connectivity index (χ0) is 26.5. The zero-order valence-corrected chi connectivity index (χ0v) is 21.6. The highest BCUT2D eigenvalue weighted by Crippen LogP contribution is 2.50. The molecule has 0 atom stereocenters. The van der Waals surface area contributed by atoms with Gasteiger partial charge in [0, 0.05) is 28.7 Å². The Morgan fingerprint density at radius 1 is 0.947 bits per heavy atom. The van der Waals surface area contributed by atoms with Crippen molar-refractivity contribution in [1.29, 1.82) is 0 Å². The number of carbonyl (C=O) groups is 2. The molecule has 0 saturated carbocycles. The van der Waals surface area contributed by atoms with E-state index in [1.54, 1.807) is 24.3 Å². The molecule has 4 N–H and O–H groups in total. The Balaban J connectivity index is 1.43. The van der Waals surface area contributed by atoms with E-state index in [4.69, 9.17) is 10.5 Å². The number of aliphatic hydroxyl groups is 1. The van der Waals surface area contributed by atoms with Gasteiger partial charge in [0.15, 0.2) is 0 Å². The predicted octanol–water partition coefficient (Wildman–Crippen LogP) is 5.00. The van der Waals surface area contributed by atoms with Crippen molar-refractivity contribution in [3.05, 3.63) is 83.4 Å². The van der Waals surface area contributed by atoms with Gasteiger partial charge < -0.3 is 25.8 Å². The molecule has 7 nitrogen and oxygen atoms in total. The molecule has 0 unspecified atom stereocenters. The minimum absolute atomic E-state index is 0.0272. The third-order valence-electron chi connectivity index (χ3n) is 8.05. The number of rotatable bonds is 9. The molecule has 3 aromatic carbocycles. The van der Waals surface area contributed by atoms with Gasteiger partial charge in [-0.1, -0.05) is 54.6 Å². The van der Waals surface area contributed by atoms with Crippen LogP contribution in [0, 0.1) is 0 Å². The number of piperidine rings is 3. The number of nitrogens with two attached hydrogens (primary N) is 1. The van der Waals surface area contributed by atoms with E-state index in [1.165, 1.54) is 0 Å². The molecule has 3 saturated heterocycles. The molecule has 3 fully saturated rings. The Hall–Kier alpha value is -3.68. The van der Waals surface area contributed by atoms with Gasteiger partial charge in [0.2, 0.25) is 5.91 Å². The highest BCUT2D eigenvalue weighted by molar-refractivity contribution is 5.90. The second kappa shape index (κ2) is 11.4. The van der Waals surface area contributed by atoms with Gasteiger partial charge in [0.05, 0.1) is 6.61 Å². The predicted molar refractivity (Wildman–Crippen MR) is 148 cm³/mol. The summed E-state index contributed by atoms with van der Waals surface area (Å²) in [4.78, 5) is 27.3. The molecule has 7 heteroatoms. The molecule has 2 bridgehead atoms. The maximum atomic E-state index is 12.7. The molecule has 6 rings (SSSR count). The summed E-state index contributed by atoms with van der Waals surface area (Å²) in [7, 11) is 0. The molecule has 2 amide bonds. The molecule has 0 spiro atoms. The first-order valence-corrected chi connectivity index (χ1v) is 13.4. The first-order valence-electron chi connectivity index (χ1n) is 13.4. The third kappa shape index (κ3) is 5.59. The van der Waals surface area contributed by atoms with Crippen molar-refractivity contribution in [3.63, 3.8) is 0 Å². The lowest BCUT2D eigenvalue weighted by atomic mass is 9.65. The second-order valence-corrected chi connectivity index (χ2v) is 10.4. The van der Waals surface area contributed by atoms with Gasteiger partial charge in [-0.2, -0.15) is 0 Å². The smallest absolute Gasteiger partial charge is 0.409 e. The van der Waals surface area contributed by atoms with E-state index >= 15 is 0 Å². The number of primary amides is 1. The van der Waals surface area contributed by atoms with Gasteiger partial charge in [-0.05, 0) is 80.6 Å². The van der Waals surface area contributed by atoms with Crippen LogP contribution in [0.25, 0.3) is 11.1 Å². The maximum Gasteiger partial charge on any atom is 0.409 e. The number of ether oxygens (including phenoxy) is 1. The lowest BCUT2D eigenvalue weighted by Crippen LogP contribution is -2.51. The number of carbonyl (C=O) groups excluding carboxylic acids is 2. The van der Waals surface area contributed by atoms with Gasteiger partial charge >= 0.3 is 6.09 Å². The molecule has 0 aliphatic carbocycles. The molecular weight excluding hydrogens is 478 g/mol. The van der Waals surface area contributed by atoms with Crippen LogP contribution < -0.4 is 15.8 Å². The first-order chi connectivity index (χ1) is 18.5. The Bertz CT molecular complexity index is 1270. The number of fused-ring (bicyclic) bond motifs is 3. The quantitative estimate of drug-likeness (QED) is 0.373. The summed E-state index contributed by atoms with van der Waals surface area (Å²) < 4.78 is 5.82.